The number of carbonyl (C=O) groups is 1. The van der Waals surface area contributed by atoms with Crippen molar-refractivity contribution in [2.75, 3.05) is 0 Å². The molecule has 3 N–H and O–H groups in total. The average molecular weight is 236 g/mol. The molecule has 0 aromatic rings. The van der Waals surface area contributed by atoms with Gasteiger partial charge in [0.1, 0.15) is 0 Å². The van der Waals surface area contributed by atoms with Crippen molar-refractivity contribution < 1.29 is 37.4 Å². The largest absolute Gasteiger partial charge is 0.481 e. The van der Waals surface area contributed by atoms with Crippen LogP contribution >= 0.6 is 7.60 Å². The Kier molecular flexibility index (Phi) is 3.71. The Labute approximate surface area is 76.7 Å². The molecule has 0 saturated carbocycles. The van der Waals surface area contributed by atoms with Crippen LogP contribution in [0.25, 0.3) is 0 Å². The van der Waals surface area contributed by atoms with Crippen LogP contribution in [0.3, 0.4) is 0 Å². The SMILES string of the molecule is CC([C@H](C(=O)O)P(=O)(O)O)C(F)(F)F. The number of halogens is 3. The summed E-state index contributed by atoms with van der Waals surface area (Å²) in [5.41, 5.74) is -2.75. The molecule has 0 aromatic heterocycles. The van der Waals surface area contributed by atoms with Gasteiger partial charge in [-0.1, -0.05) is 6.92 Å². The Balaban J connectivity index is 5.06. The molecular weight excluding hydrogens is 228 g/mol. The zero-order valence-electron chi connectivity index (χ0n) is 6.89. The fourth-order valence-electron chi connectivity index (χ4n) is 0.828. The van der Waals surface area contributed by atoms with E-state index in [2.05, 4.69) is 0 Å². The normalized spacial score (nSPS) is 17.6. The molecule has 5 nitrogen and oxygen atoms in total. The second kappa shape index (κ2) is 3.88. The molecule has 0 saturated heterocycles. The third-order valence-corrected chi connectivity index (χ3v) is 3.00. The lowest BCUT2D eigenvalue weighted by atomic mass is 10.1. The molecule has 0 aromatic carbocycles. The van der Waals surface area contributed by atoms with Gasteiger partial charge in [0, 0.05) is 0 Å². The number of rotatable bonds is 3. The van der Waals surface area contributed by atoms with Crippen molar-refractivity contribution in [3.8, 4) is 0 Å². The topological polar surface area (TPSA) is 94.8 Å². The van der Waals surface area contributed by atoms with Gasteiger partial charge in [-0.2, -0.15) is 13.2 Å². The van der Waals surface area contributed by atoms with Crippen molar-refractivity contribution in [1.29, 1.82) is 0 Å². The molecule has 0 heterocycles. The van der Waals surface area contributed by atoms with Crippen molar-refractivity contribution in [2.24, 2.45) is 5.92 Å². The maximum Gasteiger partial charge on any atom is 0.393 e. The fourth-order valence-corrected chi connectivity index (χ4v) is 1.87. The molecule has 0 aliphatic carbocycles. The maximum absolute atomic E-state index is 12.0. The van der Waals surface area contributed by atoms with E-state index in [-0.39, 0.29) is 0 Å². The van der Waals surface area contributed by atoms with E-state index in [1.54, 1.807) is 0 Å². The number of alkyl halides is 3. The lowest BCUT2D eigenvalue weighted by Crippen LogP contribution is -2.37. The third kappa shape index (κ3) is 3.28. The molecule has 2 atom stereocenters. The zero-order valence-corrected chi connectivity index (χ0v) is 7.79. The van der Waals surface area contributed by atoms with Crippen LogP contribution in [0.2, 0.25) is 0 Å². The van der Waals surface area contributed by atoms with E-state index < -0.39 is 31.3 Å². The number of hydrogen-bond acceptors (Lipinski definition) is 2. The van der Waals surface area contributed by atoms with Crippen LogP contribution in [0, 0.1) is 5.92 Å². The molecule has 1 unspecified atom stereocenters. The molecule has 0 spiro atoms. The summed E-state index contributed by atoms with van der Waals surface area (Å²) in [5.74, 6) is -4.76. The van der Waals surface area contributed by atoms with Crippen LogP contribution < -0.4 is 0 Å². The fraction of sp³-hybridized carbons (Fsp3) is 0.800. The molecule has 0 aliphatic heterocycles. The minimum absolute atomic E-state index is 0.415. The molecule has 0 radical (unpaired) electrons. The summed E-state index contributed by atoms with van der Waals surface area (Å²) in [6.45, 7) is 0.415. The van der Waals surface area contributed by atoms with Gasteiger partial charge in [0.05, 0.1) is 5.92 Å². The van der Waals surface area contributed by atoms with Crippen LogP contribution in [0.1, 0.15) is 6.92 Å². The van der Waals surface area contributed by atoms with Gasteiger partial charge in [-0.15, -0.1) is 0 Å². The second-order valence-electron chi connectivity index (χ2n) is 2.70. The summed E-state index contributed by atoms with van der Waals surface area (Å²) >= 11 is 0. The van der Waals surface area contributed by atoms with Crippen molar-refractivity contribution in [2.45, 2.75) is 18.8 Å². The van der Waals surface area contributed by atoms with Gasteiger partial charge < -0.3 is 14.9 Å². The zero-order chi connectivity index (χ0) is 11.7. The highest BCUT2D eigenvalue weighted by Crippen LogP contribution is 2.49. The predicted octanol–water partition coefficient (Wildman–Crippen LogP) is 0.816. The van der Waals surface area contributed by atoms with E-state index in [0.717, 1.165) is 0 Å². The smallest absolute Gasteiger partial charge is 0.393 e. The molecular formula is C5H8F3O5P. The summed E-state index contributed by atoms with van der Waals surface area (Å²) in [6, 6.07) is 0. The summed E-state index contributed by atoms with van der Waals surface area (Å²) in [5, 5.41) is 8.25. The molecule has 0 rings (SSSR count). The Hall–Kier alpha value is -0.590. The molecule has 14 heavy (non-hydrogen) atoms. The van der Waals surface area contributed by atoms with Gasteiger partial charge in [0.2, 0.25) is 0 Å². The molecule has 9 heteroatoms. The number of carboxylic acids is 1. The van der Waals surface area contributed by atoms with Crippen molar-refractivity contribution >= 4 is 13.6 Å². The highest BCUT2D eigenvalue weighted by molar-refractivity contribution is 7.53. The number of hydrogen-bond donors (Lipinski definition) is 3. The first-order valence-corrected chi connectivity index (χ1v) is 5.01. The lowest BCUT2D eigenvalue weighted by molar-refractivity contribution is -0.178. The Morgan fingerprint density at radius 3 is 1.79 bits per heavy atom. The predicted molar refractivity (Wildman–Crippen MR) is 38.7 cm³/mol. The molecule has 84 valence electrons. The van der Waals surface area contributed by atoms with Crippen LogP contribution in [0.4, 0.5) is 13.2 Å². The quantitative estimate of drug-likeness (QED) is 0.630. The van der Waals surface area contributed by atoms with Crippen LogP contribution in [-0.4, -0.2) is 32.7 Å². The first-order chi connectivity index (χ1) is 5.98. The first-order valence-electron chi connectivity index (χ1n) is 3.32. The van der Waals surface area contributed by atoms with E-state index in [4.69, 9.17) is 14.9 Å². The molecule has 0 bridgehead atoms. The second-order valence-corrected chi connectivity index (χ2v) is 4.44. The van der Waals surface area contributed by atoms with Gasteiger partial charge in [0.25, 0.3) is 0 Å². The summed E-state index contributed by atoms with van der Waals surface area (Å²) in [7, 11) is -5.30. The minimum atomic E-state index is -5.30. The molecule has 0 fully saturated rings. The summed E-state index contributed by atoms with van der Waals surface area (Å²) in [4.78, 5) is 27.1. The monoisotopic (exact) mass is 236 g/mol. The Morgan fingerprint density at radius 2 is 1.71 bits per heavy atom. The van der Waals surface area contributed by atoms with Gasteiger partial charge >= 0.3 is 19.7 Å². The number of aliphatic carboxylic acids is 1. The van der Waals surface area contributed by atoms with Crippen LogP contribution in [0.15, 0.2) is 0 Å². The van der Waals surface area contributed by atoms with Gasteiger partial charge in [-0.25, -0.2) is 0 Å². The standard InChI is InChI=1S/C5H8F3O5P/c1-2(5(6,7)8)3(4(9)10)14(11,12)13/h2-3H,1H3,(H,9,10)(H2,11,12,13)/t2?,3-/m1/s1. The number of carboxylic acid groups (broad SMARTS) is 1. The Morgan fingerprint density at radius 1 is 1.36 bits per heavy atom. The van der Waals surface area contributed by atoms with E-state index >= 15 is 0 Å². The summed E-state index contributed by atoms with van der Waals surface area (Å²) < 4.78 is 46.4. The van der Waals surface area contributed by atoms with Gasteiger partial charge in [-0.3, -0.25) is 9.36 Å². The van der Waals surface area contributed by atoms with Crippen molar-refractivity contribution in [3.63, 3.8) is 0 Å². The minimum Gasteiger partial charge on any atom is -0.481 e. The van der Waals surface area contributed by atoms with E-state index in [0.29, 0.717) is 6.92 Å². The molecule has 0 amide bonds. The summed E-state index contributed by atoms with van der Waals surface area (Å²) in [6.07, 6.45) is -4.95. The van der Waals surface area contributed by atoms with Crippen molar-refractivity contribution in [3.05, 3.63) is 0 Å². The maximum atomic E-state index is 12.0. The first kappa shape index (κ1) is 13.4. The van der Waals surface area contributed by atoms with Gasteiger partial charge in [0.15, 0.2) is 5.66 Å². The van der Waals surface area contributed by atoms with E-state index in [1.165, 1.54) is 0 Å². The highest BCUT2D eigenvalue weighted by atomic mass is 31.2. The van der Waals surface area contributed by atoms with Crippen LogP contribution in [-0.2, 0) is 9.36 Å². The molecule has 0 aliphatic rings. The average Bonchev–Trinajstić information content (AvgIpc) is 1.79. The Bertz CT molecular complexity index is 269. The third-order valence-electron chi connectivity index (χ3n) is 1.61. The van der Waals surface area contributed by atoms with E-state index in [9.17, 15) is 22.5 Å². The lowest BCUT2D eigenvalue weighted by Gasteiger charge is -2.22. The van der Waals surface area contributed by atoms with E-state index in [1.807, 2.05) is 0 Å². The van der Waals surface area contributed by atoms with Crippen LogP contribution in [0.5, 0.6) is 0 Å². The van der Waals surface area contributed by atoms with Crippen molar-refractivity contribution in [1.82, 2.24) is 0 Å². The highest BCUT2D eigenvalue weighted by Gasteiger charge is 2.52. The van der Waals surface area contributed by atoms with Gasteiger partial charge in [-0.05, 0) is 0 Å².